The molecule has 0 atom stereocenters. The molecule has 0 spiro atoms. The first-order valence-electron chi connectivity index (χ1n) is 8.83. The maximum Gasteiger partial charge on any atom is 0.500 e. The molecule has 0 N–H and O–H groups in total. The number of rotatable bonds is 12. The van der Waals surface area contributed by atoms with Crippen LogP contribution in [0.1, 0.15) is 38.5 Å². The Hall–Kier alpha value is 0.194. The van der Waals surface area contributed by atoms with E-state index in [0.29, 0.717) is 0 Å². The smallest absolute Gasteiger partial charge is 0.377 e. The molecule has 1 rings (SSSR count). The maximum atomic E-state index is 5.52. The van der Waals surface area contributed by atoms with Crippen LogP contribution in [0.2, 0.25) is 12.1 Å². The van der Waals surface area contributed by atoms with Crippen LogP contribution in [-0.4, -0.2) is 60.3 Å². The summed E-state index contributed by atoms with van der Waals surface area (Å²) in [5.41, 5.74) is 0. The number of hydrogen-bond donors (Lipinski definition) is 0. The van der Waals surface area contributed by atoms with Gasteiger partial charge in [-0.3, -0.25) is 0 Å². The van der Waals surface area contributed by atoms with Gasteiger partial charge in [-0.15, -0.1) is 0 Å². The minimum absolute atomic E-state index is 0.753. The van der Waals surface area contributed by atoms with Crippen LogP contribution in [0.15, 0.2) is 0 Å². The minimum Gasteiger partial charge on any atom is -0.377 e. The molecule has 0 aliphatic heterocycles. The van der Waals surface area contributed by atoms with Crippen molar-refractivity contribution in [3.63, 3.8) is 0 Å². The second-order valence-electron chi connectivity index (χ2n) is 6.55. The maximum absolute atomic E-state index is 5.52. The third-order valence-corrected chi connectivity index (χ3v) is 11.1. The summed E-state index contributed by atoms with van der Waals surface area (Å²) >= 11 is 0. The molecule has 1 saturated carbocycles. The van der Waals surface area contributed by atoms with Crippen molar-refractivity contribution >= 4 is 17.6 Å². The fourth-order valence-corrected chi connectivity index (χ4v) is 7.43. The first-order chi connectivity index (χ1) is 11.5. The second-order valence-corrected chi connectivity index (χ2v) is 12.7. The van der Waals surface area contributed by atoms with Crippen LogP contribution in [0, 0.1) is 11.8 Å². The van der Waals surface area contributed by atoms with Crippen molar-refractivity contribution in [2.45, 2.75) is 50.6 Å². The first kappa shape index (κ1) is 22.2. The molecule has 6 nitrogen and oxygen atoms in total. The monoisotopic (exact) mass is 380 g/mol. The van der Waals surface area contributed by atoms with Gasteiger partial charge in [0.1, 0.15) is 0 Å². The van der Waals surface area contributed by atoms with E-state index >= 15 is 0 Å². The molecule has 0 unspecified atom stereocenters. The van der Waals surface area contributed by atoms with Crippen molar-refractivity contribution in [2.75, 3.05) is 42.7 Å². The van der Waals surface area contributed by atoms with E-state index in [2.05, 4.69) is 0 Å². The summed E-state index contributed by atoms with van der Waals surface area (Å²) in [4.78, 5) is 0. The van der Waals surface area contributed by atoms with E-state index in [0.717, 1.165) is 36.8 Å². The average molecular weight is 381 g/mol. The highest BCUT2D eigenvalue weighted by molar-refractivity contribution is 6.60. The van der Waals surface area contributed by atoms with Gasteiger partial charge in [0.15, 0.2) is 0 Å². The third-order valence-electron chi connectivity index (χ3n) is 5.55. The first-order valence-corrected chi connectivity index (χ1v) is 12.7. The van der Waals surface area contributed by atoms with Crippen LogP contribution < -0.4 is 0 Å². The molecule has 0 amide bonds. The summed E-state index contributed by atoms with van der Waals surface area (Å²) in [5, 5.41) is 0. The normalized spacial score (nSPS) is 22.8. The summed E-state index contributed by atoms with van der Waals surface area (Å²) in [6.07, 6.45) is 7.34. The molecule has 1 fully saturated rings. The van der Waals surface area contributed by atoms with Gasteiger partial charge >= 0.3 is 17.6 Å². The average Bonchev–Trinajstić information content (AvgIpc) is 2.66. The van der Waals surface area contributed by atoms with E-state index in [9.17, 15) is 0 Å². The van der Waals surface area contributed by atoms with Crippen LogP contribution >= 0.6 is 0 Å². The molecular weight excluding hydrogens is 344 g/mol. The zero-order valence-electron chi connectivity index (χ0n) is 16.3. The Bertz CT molecular complexity index is 280. The lowest BCUT2D eigenvalue weighted by Gasteiger charge is -2.32. The molecule has 0 aromatic rings. The summed E-state index contributed by atoms with van der Waals surface area (Å²) < 4.78 is 33.1. The van der Waals surface area contributed by atoms with Gasteiger partial charge in [0, 0.05) is 54.7 Å². The van der Waals surface area contributed by atoms with Crippen molar-refractivity contribution < 1.29 is 26.6 Å². The quantitative estimate of drug-likeness (QED) is 0.484. The van der Waals surface area contributed by atoms with Crippen LogP contribution in [-0.2, 0) is 26.6 Å². The fourth-order valence-electron chi connectivity index (χ4n) is 3.68. The van der Waals surface area contributed by atoms with E-state index in [1.54, 1.807) is 42.7 Å². The van der Waals surface area contributed by atoms with Crippen molar-refractivity contribution in [1.82, 2.24) is 0 Å². The van der Waals surface area contributed by atoms with E-state index in [-0.39, 0.29) is 0 Å². The molecule has 1 aliphatic rings. The Morgan fingerprint density at radius 2 is 0.792 bits per heavy atom. The van der Waals surface area contributed by atoms with E-state index < -0.39 is 17.6 Å². The van der Waals surface area contributed by atoms with Gasteiger partial charge in [0.05, 0.1) is 0 Å². The predicted octanol–water partition coefficient (Wildman–Crippen LogP) is 3.33. The lowest BCUT2D eigenvalue weighted by molar-refractivity contribution is 0.116. The molecule has 0 bridgehead atoms. The second kappa shape index (κ2) is 11.0. The van der Waals surface area contributed by atoms with Gasteiger partial charge in [-0.05, 0) is 24.7 Å². The Kier molecular flexibility index (Phi) is 10.2. The zero-order chi connectivity index (χ0) is 18.1. The fraction of sp³-hybridized carbons (Fsp3) is 1.00. The molecule has 8 heteroatoms. The minimum atomic E-state index is -2.42. The molecule has 0 aromatic heterocycles. The van der Waals surface area contributed by atoms with Gasteiger partial charge in [-0.1, -0.05) is 25.7 Å². The number of hydrogen-bond acceptors (Lipinski definition) is 6. The molecular formula is C16H36O6Si2. The van der Waals surface area contributed by atoms with Crippen molar-refractivity contribution in [3.8, 4) is 0 Å². The Morgan fingerprint density at radius 1 is 0.542 bits per heavy atom. The molecule has 0 saturated heterocycles. The van der Waals surface area contributed by atoms with Gasteiger partial charge in [0.25, 0.3) is 0 Å². The molecule has 144 valence electrons. The topological polar surface area (TPSA) is 55.4 Å². The van der Waals surface area contributed by atoms with Crippen molar-refractivity contribution in [3.05, 3.63) is 0 Å². The highest BCUT2D eigenvalue weighted by Gasteiger charge is 2.40. The zero-order valence-corrected chi connectivity index (χ0v) is 18.3. The van der Waals surface area contributed by atoms with Crippen molar-refractivity contribution in [1.29, 1.82) is 0 Å². The van der Waals surface area contributed by atoms with Gasteiger partial charge in [-0.2, -0.15) is 0 Å². The van der Waals surface area contributed by atoms with E-state index in [1.165, 1.54) is 25.7 Å². The predicted molar refractivity (Wildman–Crippen MR) is 97.9 cm³/mol. The van der Waals surface area contributed by atoms with Gasteiger partial charge < -0.3 is 26.6 Å². The van der Waals surface area contributed by atoms with Gasteiger partial charge in [0.2, 0.25) is 0 Å². The highest BCUT2D eigenvalue weighted by Crippen LogP contribution is 2.36. The highest BCUT2D eigenvalue weighted by atomic mass is 28.4. The lowest BCUT2D eigenvalue weighted by Crippen LogP contribution is -2.43. The molecule has 0 heterocycles. The van der Waals surface area contributed by atoms with Crippen LogP contribution in [0.25, 0.3) is 0 Å². The summed E-state index contributed by atoms with van der Waals surface area (Å²) in [6, 6.07) is 1.80. The lowest BCUT2D eigenvalue weighted by atomic mass is 9.80. The Labute approximate surface area is 149 Å². The van der Waals surface area contributed by atoms with E-state index in [4.69, 9.17) is 26.6 Å². The Balaban J connectivity index is 2.34. The summed E-state index contributed by atoms with van der Waals surface area (Å²) in [5.74, 6) is 1.51. The molecule has 1 aliphatic carbocycles. The van der Waals surface area contributed by atoms with Crippen LogP contribution in [0.3, 0.4) is 0 Å². The van der Waals surface area contributed by atoms with Crippen LogP contribution in [0.4, 0.5) is 0 Å². The largest absolute Gasteiger partial charge is 0.500 e. The standard InChI is InChI=1S/C16H36O6Si2/c1-17-23(18-2,19-3)13-11-15-7-9-16(10-8-15)12-14-24(20-4,21-5)22-6/h15-16H,7-14H2,1-6H3. The van der Waals surface area contributed by atoms with Crippen LogP contribution in [0.5, 0.6) is 0 Å². The summed E-state index contributed by atoms with van der Waals surface area (Å²) in [6.45, 7) is 0. The third kappa shape index (κ3) is 6.17. The van der Waals surface area contributed by atoms with E-state index in [1.807, 2.05) is 0 Å². The van der Waals surface area contributed by atoms with Gasteiger partial charge in [-0.25, -0.2) is 0 Å². The molecule has 24 heavy (non-hydrogen) atoms. The summed E-state index contributed by atoms with van der Waals surface area (Å²) in [7, 11) is 5.29. The van der Waals surface area contributed by atoms with Crippen molar-refractivity contribution in [2.24, 2.45) is 11.8 Å². The molecule has 0 radical (unpaired) electrons. The SMILES string of the molecule is CO[Si](CCC1CCC(CC[Si](OC)(OC)OC)CC1)(OC)OC. The molecule has 0 aromatic carbocycles. The Morgan fingerprint density at radius 3 is 1.00 bits per heavy atom.